The lowest BCUT2D eigenvalue weighted by atomic mass is 10.2. The Morgan fingerprint density at radius 3 is 2.50 bits per heavy atom. The summed E-state index contributed by atoms with van der Waals surface area (Å²) in [5.41, 5.74) is 6.60. The van der Waals surface area contributed by atoms with Gasteiger partial charge in [-0.3, -0.25) is 0 Å². The molecule has 1 amide bonds. The summed E-state index contributed by atoms with van der Waals surface area (Å²) in [4.78, 5) is 11.4. The van der Waals surface area contributed by atoms with Crippen LogP contribution in [-0.2, 0) is 4.74 Å². The SMILES string of the molecule is CC(C)(C)OC(=O)NCCC#Cc1ccc(NC(N)=S)cc1. The van der Waals surface area contributed by atoms with Gasteiger partial charge in [0.1, 0.15) is 5.60 Å². The molecule has 6 heteroatoms. The molecule has 0 aliphatic rings. The molecule has 118 valence electrons. The van der Waals surface area contributed by atoms with Gasteiger partial charge in [-0.1, -0.05) is 11.8 Å². The van der Waals surface area contributed by atoms with Gasteiger partial charge in [-0.05, 0) is 57.3 Å². The highest BCUT2D eigenvalue weighted by Crippen LogP contribution is 2.08. The summed E-state index contributed by atoms with van der Waals surface area (Å²) in [5, 5.41) is 5.72. The molecule has 0 unspecified atom stereocenters. The van der Waals surface area contributed by atoms with Crippen molar-refractivity contribution in [1.82, 2.24) is 5.32 Å². The Balaban J connectivity index is 2.35. The number of rotatable bonds is 3. The van der Waals surface area contributed by atoms with Gasteiger partial charge in [0.15, 0.2) is 5.11 Å². The highest BCUT2D eigenvalue weighted by molar-refractivity contribution is 7.80. The molecule has 1 aromatic rings. The van der Waals surface area contributed by atoms with Gasteiger partial charge in [0.05, 0.1) is 0 Å². The monoisotopic (exact) mass is 319 g/mol. The number of nitrogens with two attached hydrogens (primary N) is 1. The number of carbonyl (C=O) groups excluding carboxylic acids is 1. The zero-order valence-corrected chi connectivity index (χ0v) is 13.8. The first kappa shape index (κ1) is 17.8. The molecule has 4 N–H and O–H groups in total. The minimum atomic E-state index is -0.489. The van der Waals surface area contributed by atoms with E-state index in [1.165, 1.54) is 0 Å². The number of hydrogen-bond donors (Lipinski definition) is 3. The molecule has 0 saturated heterocycles. The topological polar surface area (TPSA) is 76.4 Å². The smallest absolute Gasteiger partial charge is 0.407 e. The van der Waals surface area contributed by atoms with Gasteiger partial charge < -0.3 is 21.1 Å². The van der Waals surface area contributed by atoms with Crippen molar-refractivity contribution >= 4 is 29.1 Å². The van der Waals surface area contributed by atoms with Gasteiger partial charge in [0, 0.05) is 24.2 Å². The van der Waals surface area contributed by atoms with Gasteiger partial charge in [-0.15, -0.1) is 0 Å². The third-order valence-corrected chi connectivity index (χ3v) is 2.41. The number of anilines is 1. The van der Waals surface area contributed by atoms with Crippen molar-refractivity contribution in [3.8, 4) is 11.8 Å². The second-order valence-electron chi connectivity index (χ2n) is 5.55. The van der Waals surface area contributed by atoms with E-state index in [1.54, 1.807) is 0 Å². The first-order valence-corrected chi connectivity index (χ1v) is 7.29. The van der Waals surface area contributed by atoms with Crippen LogP contribution in [0, 0.1) is 11.8 Å². The molecule has 0 radical (unpaired) electrons. The molecule has 0 heterocycles. The Hall–Kier alpha value is -2.26. The maximum atomic E-state index is 11.4. The minimum Gasteiger partial charge on any atom is -0.444 e. The number of nitrogens with one attached hydrogen (secondary N) is 2. The largest absolute Gasteiger partial charge is 0.444 e. The maximum Gasteiger partial charge on any atom is 0.407 e. The number of thiocarbonyl (C=S) groups is 1. The summed E-state index contributed by atoms with van der Waals surface area (Å²) in [6.45, 7) is 5.91. The van der Waals surface area contributed by atoms with Gasteiger partial charge in [0.2, 0.25) is 0 Å². The Bertz CT molecular complexity index is 580. The predicted molar refractivity (Wildman–Crippen MR) is 92.6 cm³/mol. The fourth-order valence-corrected chi connectivity index (χ4v) is 1.60. The van der Waals surface area contributed by atoms with E-state index in [1.807, 2.05) is 45.0 Å². The average Bonchev–Trinajstić information content (AvgIpc) is 2.37. The van der Waals surface area contributed by atoms with Crippen LogP contribution in [0.15, 0.2) is 24.3 Å². The standard InChI is InChI=1S/C16H21N3O2S/c1-16(2,3)21-15(20)18-11-5-4-6-12-7-9-13(10-8-12)19-14(17)22/h7-10H,5,11H2,1-3H3,(H,18,20)(H3,17,19,22). The lowest BCUT2D eigenvalue weighted by Gasteiger charge is -2.19. The normalized spacial score (nSPS) is 10.1. The van der Waals surface area contributed by atoms with Crippen molar-refractivity contribution in [2.75, 3.05) is 11.9 Å². The Morgan fingerprint density at radius 1 is 1.32 bits per heavy atom. The molecule has 0 saturated carbocycles. The molecule has 0 aliphatic carbocycles. The molecule has 1 rings (SSSR count). The van der Waals surface area contributed by atoms with Crippen LogP contribution in [0.2, 0.25) is 0 Å². The number of ether oxygens (including phenoxy) is 1. The van der Waals surface area contributed by atoms with Crippen molar-refractivity contribution in [2.45, 2.75) is 32.8 Å². The average molecular weight is 319 g/mol. The fourth-order valence-electron chi connectivity index (χ4n) is 1.48. The number of benzene rings is 1. The number of hydrogen-bond acceptors (Lipinski definition) is 3. The van der Waals surface area contributed by atoms with Crippen molar-refractivity contribution in [3.63, 3.8) is 0 Å². The van der Waals surface area contributed by atoms with Crippen LogP contribution in [0.5, 0.6) is 0 Å². The zero-order chi connectivity index (χ0) is 16.6. The fraction of sp³-hybridized carbons (Fsp3) is 0.375. The lowest BCUT2D eigenvalue weighted by molar-refractivity contribution is 0.0529. The molecular formula is C16H21N3O2S. The highest BCUT2D eigenvalue weighted by atomic mass is 32.1. The van der Waals surface area contributed by atoms with Crippen molar-refractivity contribution in [1.29, 1.82) is 0 Å². The van der Waals surface area contributed by atoms with Crippen LogP contribution in [0.1, 0.15) is 32.8 Å². The van der Waals surface area contributed by atoms with E-state index in [0.717, 1.165) is 11.3 Å². The Kier molecular flexibility index (Phi) is 6.67. The van der Waals surface area contributed by atoms with Gasteiger partial charge >= 0.3 is 6.09 Å². The predicted octanol–water partition coefficient (Wildman–Crippen LogP) is 2.61. The van der Waals surface area contributed by atoms with Crippen LogP contribution in [0.4, 0.5) is 10.5 Å². The summed E-state index contributed by atoms with van der Waals surface area (Å²) in [6, 6.07) is 7.44. The lowest BCUT2D eigenvalue weighted by Crippen LogP contribution is -2.32. The van der Waals surface area contributed by atoms with Crippen molar-refractivity contribution in [2.24, 2.45) is 5.73 Å². The van der Waals surface area contributed by atoms with Crippen LogP contribution in [0.25, 0.3) is 0 Å². The highest BCUT2D eigenvalue weighted by Gasteiger charge is 2.15. The second-order valence-corrected chi connectivity index (χ2v) is 5.99. The van der Waals surface area contributed by atoms with E-state index >= 15 is 0 Å². The van der Waals surface area contributed by atoms with E-state index in [2.05, 4.69) is 22.5 Å². The number of amides is 1. The molecule has 1 aromatic carbocycles. The third-order valence-electron chi connectivity index (χ3n) is 2.30. The van der Waals surface area contributed by atoms with E-state index in [4.69, 9.17) is 22.7 Å². The molecule has 0 spiro atoms. The van der Waals surface area contributed by atoms with Gasteiger partial charge in [-0.2, -0.15) is 0 Å². The Morgan fingerprint density at radius 2 is 1.95 bits per heavy atom. The maximum absolute atomic E-state index is 11.4. The van der Waals surface area contributed by atoms with Crippen molar-refractivity contribution < 1.29 is 9.53 Å². The van der Waals surface area contributed by atoms with Gasteiger partial charge in [0.25, 0.3) is 0 Å². The van der Waals surface area contributed by atoms with E-state index < -0.39 is 11.7 Å². The van der Waals surface area contributed by atoms with Crippen LogP contribution in [-0.4, -0.2) is 23.4 Å². The van der Waals surface area contributed by atoms with Crippen molar-refractivity contribution in [3.05, 3.63) is 29.8 Å². The Labute approximate surface area is 136 Å². The van der Waals surface area contributed by atoms with E-state index in [0.29, 0.717) is 13.0 Å². The van der Waals surface area contributed by atoms with E-state index in [9.17, 15) is 4.79 Å². The zero-order valence-electron chi connectivity index (χ0n) is 13.0. The van der Waals surface area contributed by atoms with Crippen LogP contribution in [0.3, 0.4) is 0 Å². The second kappa shape index (κ2) is 8.25. The van der Waals surface area contributed by atoms with Crippen LogP contribution >= 0.6 is 12.2 Å². The third kappa shape index (κ3) is 8.12. The molecule has 0 fully saturated rings. The number of carbonyl (C=O) groups is 1. The molecular weight excluding hydrogens is 298 g/mol. The summed E-state index contributed by atoms with van der Waals surface area (Å²) in [7, 11) is 0. The molecule has 0 aromatic heterocycles. The molecule has 5 nitrogen and oxygen atoms in total. The summed E-state index contributed by atoms with van der Waals surface area (Å²) in [6.07, 6.45) is 0.119. The van der Waals surface area contributed by atoms with Gasteiger partial charge in [-0.25, -0.2) is 4.79 Å². The molecule has 0 atom stereocenters. The summed E-state index contributed by atoms with van der Waals surface area (Å²) >= 11 is 4.76. The summed E-state index contributed by atoms with van der Waals surface area (Å²) in [5.74, 6) is 6.00. The molecule has 0 aliphatic heterocycles. The molecule has 22 heavy (non-hydrogen) atoms. The minimum absolute atomic E-state index is 0.229. The van der Waals surface area contributed by atoms with E-state index in [-0.39, 0.29) is 5.11 Å². The first-order chi connectivity index (χ1) is 10.3. The quantitative estimate of drug-likeness (QED) is 0.453. The first-order valence-electron chi connectivity index (χ1n) is 6.88. The summed E-state index contributed by atoms with van der Waals surface area (Å²) < 4.78 is 5.12. The van der Waals surface area contributed by atoms with Crippen LogP contribution < -0.4 is 16.4 Å². The number of alkyl carbamates (subject to hydrolysis) is 1. The molecule has 0 bridgehead atoms.